The van der Waals surface area contributed by atoms with Crippen LogP contribution in [0.15, 0.2) is 42.5 Å². The van der Waals surface area contributed by atoms with Crippen molar-refractivity contribution in [3.63, 3.8) is 0 Å². The molecule has 9 nitrogen and oxygen atoms in total. The highest BCUT2D eigenvalue weighted by atomic mass is 16.3. The molecule has 0 unspecified atom stereocenters. The third-order valence-electron chi connectivity index (χ3n) is 7.36. The van der Waals surface area contributed by atoms with Gasteiger partial charge in [-0.3, -0.25) is 19.5 Å². The maximum atomic E-state index is 13.4. The number of hydrazine groups is 1. The molecule has 2 aromatic rings. The van der Waals surface area contributed by atoms with Gasteiger partial charge in [-0.2, -0.15) is 0 Å². The standard InChI is InChI=1S/C28H36N6O3.CH4/c1-21-10-11-24(29-2)15-26(21)33(18-27(36)30-12-14-32-13-6-9-25(32)20-35)19-28(37)31(3)34-16-22-7-4-5-8-23(22)17-34;/h4-5,7-8,10-11,15,25,35H,6,9,12-14,16-20H2,1,3H3,(H,30,36);1H4/t25-;/m1./s1. The fourth-order valence-corrected chi connectivity index (χ4v) is 5.15. The number of nitrogens with zero attached hydrogens (tertiary/aromatic N) is 5. The first kappa shape index (κ1) is 29.1. The number of carbonyl (C=O) groups excluding carboxylic acids is 2. The molecule has 2 N–H and O–H groups in total. The van der Waals surface area contributed by atoms with Crippen molar-refractivity contribution in [2.24, 2.45) is 0 Å². The summed E-state index contributed by atoms with van der Waals surface area (Å²) in [7, 11) is 1.77. The first-order valence-electron chi connectivity index (χ1n) is 12.8. The predicted molar refractivity (Wildman–Crippen MR) is 150 cm³/mol. The summed E-state index contributed by atoms with van der Waals surface area (Å²) >= 11 is 0. The lowest BCUT2D eigenvalue weighted by molar-refractivity contribution is -0.145. The average Bonchev–Trinajstić information content (AvgIpc) is 3.54. The monoisotopic (exact) mass is 520 g/mol. The number of rotatable bonds is 10. The van der Waals surface area contributed by atoms with E-state index >= 15 is 0 Å². The Morgan fingerprint density at radius 3 is 2.53 bits per heavy atom. The van der Waals surface area contributed by atoms with Crippen molar-refractivity contribution in [1.29, 1.82) is 0 Å². The third-order valence-corrected chi connectivity index (χ3v) is 7.36. The molecule has 2 aromatic carbocycles. The number of aliphatic hydroxyl groups is 1. The lowest BCUT2D eigenvalue weighted by Crippen LogP contribution is -2.48. The van der Waals surface area contributed by atoms with Gasteiger partial charge < -0.3 is 15.3 Å². The minimum absolute atomic E-state index is 0. The molecular weight excluding hydrogens is 480 g/mol. The minimum atomic E-state index is -0.184. The van der Waals surface area contributed by atoms with Gasteiger partial charge in [0, 0.05) is 45.0 Å². The highest BCUT2D eigenvalue weighted by Crippen LogP contribution is 2.27. The average molecular weight is 521 g/mol. The molecule has 4 rings (SSSR count). The zero-order valence-corrected chi connectivity index (χ0v) is 21.7. The molecule has 0 spiro atoms. The van der Waals surface area contributed by atoms with Gasteiger partial charge in [0.1, 0.15) is 0 Å². The van der Waals surface area contributed by atoms with E-state index in [4.69, 9.17) is 6.57 Å². The number of fused-ring (bicyclic) bond motifs is 1. The molecule has 0 aromatic heterocycles. The van der Waals surface area contributed by atoms with E-state index in [1.807, 2.05) is 30.1 Å². The van der Waals surface area contributed by atoms with Gasteiger partial charge >= 0.3 is 0 Å². The second-order valence-corrected chi connectivity index (χ2v) is 9.81. The summed E-state index contributed by atoms with van der Waals surface area (Å²) in [6.07, 6.45) is 2.04. The molecule has 1 fully saturated rings. The van der Waals surface area contributed by atoms with Crippen molar-refractivity contribution in [3.05, 3.63) is 70.6 Å². The summed E-state index contributed by atoms with van der Waals surface area (Å²) in [5, 5.41) is 16.1. The maximum absolute atomic E-state index is 13.4. The molecule has 2 heterocycles. The van der Waals surface area contributed by atoms with Gasteiger partial charge in [-0.25, -0.2) is 9.85 Å². The van der Waals surface area contributed by atoms with Crippen LogP contribution in [-0.4, -0.2) is 84.3 Å². The van der Waals surface area contributed by atoms with Crippen molar-refractivity contribution in [2.75, 3.05) is 51.3 Å². The van der Waals surface area contributed by atoms with E-state index < -0.39 is 0 Å². The van der Waals surface area contributed by atoms with Gasteiger partial charge in [0.15, 0.2) is 5.69 Å². The van der Waals surface area contributed by atoms with Crippen LogP contribution < -0.4 is 10.2 Å². The molecule has 1 saturated heterocycles. The summed E-state index contributed by atoms with van der Waals surface area (Å²) in [6, 6.07) is 13.7. The Labute approximate surface area is 226 Å². The van der Waals surface area contributed by atoms with Gasteiger partial charge in [-0.15, -0.1) is 0 Å². The molecule has 204 valence electrons. The molecule has 0 aliphatic carbocycles. The highest BCUT2D eigenvalue weighted by molar-refractivity contribution is 5.87. The van der Waals surface area contributed by atoms with Crippen LogP contribution in [0, 0.1) is 13.5 Å². The third kappa shape index (κ3) is 6.90. The maximum Gasteiger partial charge on any atom is 0.256 e. The zero-order valence-electron chi connectivity index (χ0n) is 21.7. The first-order valence-corrected chi connectivity index (χ1v) is 12.8. The normalized spacial score (nSPS) is 16.8. The number of likely N-dealkylation sites (tertiary alicyclic amines) is 1. The van der Waals surface area contributed by atoms with E-state index in [1.54, 1.807) is 29.1 Å². The molecule has 2 aliphatic rings. The van der Waals surface area contributed by atoms with E-state index in [2.05, 4.69) is 27.2 Å². The number of carbonyl (C=O) groups is 2. The number of benzene rings is 2. The summed E-state index contributed by atoms with van der Waals surface area (Å²) in [6.45, 7) is 12.9. The molecule has 2 amide bonds. The van der Waals surface area contributed by atoms with Crippen molar-refractivity contribution in [2.45, 2.75) is 46.3 Å². The van der Waals surface area contributed by atoms with Gasteiger partial charge in [-0.05, 0) is 49.1 Å². The summed E-state index contributed by atoms with van der Waals surface area (Å²) < 4.78 is 0. The lowest BCUT2D eigenvalue weighted by Gasteiger charge is -2.32. The number of likely N-dealkylation sites (N-methyl/N-ethyl adjacent to an activating group) is 1. The smallest absolute Gasteiger partial charge is 0.256 e. The number of anilines is 1. The fraction of sp³-hybridized carbons (Fsp3) is 0.483. The van der Waals surface area contributed by atoms with Gasteiger partial charge in [0.05, 0.1) is 26.3 Å². The van der Waals surface area contributed by atoms with Gasteiger partial charge in [0.2, 0.25) is 5.91 Å². The van der Waals surface area contributed by atoms with E-state index in [0.717, 1.165) is 24.9 Å². The fourth-order valence-electron chi connectivity index (χ4n) is 5.15. The second-order valence-electron chi connectivity index (χ2n) is 9.81. The molecule has 0 bridgehead atoms. The number of hydrogen-bond acceptors (Lipinski definition) is 6. The Hall–Kier alpha value is -3.45. The molecule has 38 heavy (non-hydrogen) atoms. The number of amides is 2. The summed E-state index contributed by atoms with van der Waals surface area (Å²) in [4.78, 5) is 33.8. The van der Waals surface area contributed by atoms with Crippen LogP contribution in [0.25, 0.3) is 4.85 Å². The second kappa shape index (κ2) is 13.4. The molecule has 1 atom stereocenters. The first-order chi connectivity index (χ1) is 17.9. The number of aliphatic hydroxyl groups excluding tert-OH is 1. The Bertz CT molecular complexity index is 1140. The topological polar surface area (TPSA) is 83.7 Å². The van der Waals surface area contributed by atoms with Crippen LogP contribution in [0.1, 0.15) is 37.0 Å². The van der Waals surface area contributed by atoms with Crippen molar-refractivity contribution in [3.8, 4) is 0 Å². The van der Waals surface area contributed by atoms with E-state index in [1.165, 1.54) is 11.1 Å². The number of nitrogens with one attached hydrogen (secondary N) is 1. The Morgan fingerprint density at radius 2 is 1.87 bits per heavy atom. The van der Waals surface area contributed by atoms with Gasteiger partial charge in [-0.1, -0.05) is 43.8 Å². The Morgan fingerprint density at radius 1 is 1.16 bits per heavy atom. The molecular formula is C29H40N6O3. The Balaban J connectivity index is 0.00000400. The molecule has 2 aliphatic heterocycles. The van der Waals surface area contributed by atoms with Crippen molar-refractivity contribution < 1.29 is 14.7 Å². The molecule has 9 heteroatoms. The van der Waals surface area contributed by atoms with Crippen LogP contribution in [0.4, 0.5) is 11.4 Å². The van der Waals surface area contributed by atoms with Crippen molar-refractivity contribution in [1.82, 2.24) is 20.2 Å². The summed E-state index contributed by atoms with van der Waals surface area (Å²) in [5.74, 6) is -0.313. The lowest BCUT2D eigenvalue weighted by atomic mass is 10.1. The number of aryl methyl sites for hydroxylation is 1. The van der Waals surface area contributed by atoms with Gasteiger partial charge in [0.25, 0.3) is 5.91 Å². The highest BCUT2D eigenvalue weighted by Gasteiger charge is 2.27. The Kier molecular flexibility index (Phi) is 10.2. The predicted octanol–water partition coefficient (Wildman–Crippen LogP) is 2.95. The SMILES string of the molecule is C.[C-]#[N+]c1ccc(C)c(N(CC(=O)NCCN2CCC[C@@H]2CO)CC(=O)N(C)N2Cc3ccccc3C2)c1. The van der Waals surface area contributed by atoms with E-state index in [0.29, 0.717) is 37.6 Å². The van der Waals surface area contributed by atoms with Crippen LogP contribution in [0.5, 0.6) is 0 Å². The van der Waals surface area contributed by atoms with Crippen LogP contribution in [0.2, 0.25) is 0 Å². The minimum Gasteiger partial charge on any atom is -0.395 e. The van der Waals surface area contributed by atoms with Crippen molar-refractivity contribution >= 4 is 23.2 Å². The molecule has 0 saturated carbocycles. The zero-order chi connectivity index (χ0) is 26.4. The quantitative estimate of drug-likeness (QED) is 0.469. The van der Waals surface area contributed by atoms with E-state index in [-0.39, 0.29) is 45.0 Å². The molecule has 0 radical (unpaired) electrons. The largest absolute Gasteiger partial charge is 0.395 e. The van der Waals surface area contributed by atoms with Crippen LogP contribution in [-0.2, 0) is 22.7 Å². The number of hydrogen-bond donors (Lipinski definition) is 2. The van der Waals surface area contributed by atoms with Crippen LogP contribution >= 0.6 is 0 Å². The van der Waals surface area contributed by atoms with Crippen LogP contribution in [0.3, 0.4) is 0 Å². The van der Waals surface area contributed by atoms with E-state index in [9.17, 15) is 14.7 Å². The summed E-state index contributed by atoms with van der Waals surface area (Å²) in [5.41, 5.74) is 4.48.